The third-order valence-corrected chi connectivity index (χ3v) is 8.24. The molecule has 1 unspecified atom stereocenters. The van der Waals surface area contributed by atoms with Crippen LogP contribution >= 0.6 is 0 Å². The van der Waals surface area contributed by atoms with Gasteiger partial charge >= 0.3 is 0 Å². The van der Waals surface area contributed by atoms with Gasteiger partial charge in [0.2, 0.25) is 0 Å². The van der Waals surface area contributed by atoms with Gasteiger partial charge in [0.05, 0.1) is 39.8 Å². The number of imide groups is 1. The second-order valence-electron chi connectivity index (χ2n) is 10.5. The van der Waals surface area contributed by atoms with E-state index in [0.29, 0.717) is 68.3 Å². The molecule has 1 saturated heterocycles. The summed E-state index contributed by atoms with van der Waals surface area (Å²) in [6.45, 7) is 0.0696. The second-order valence-corrected chi connectivity index (χ2v) is 10.5. The molecule has 0 saturated carbocycles. The highest BCUT2D eigenvalue weighted by molar-refractivity contribution is 6.39. The van der Waals surface area contributed by atoms with E-state index in [4.69, 9.17) is 14.2 Å². The van der Waals surface area contributed by atoms with Crippen LogP contribution in [-0.4, -0.2) is 91.1 Å². The summed E-state index contributed by atoms with van der Waals surface area (Å²) in [4.78, 5) is 30.0. The van der Waals surface area contributed by atoms with Crippen LogP contribution in [0.3, 0.4) is 0 Å². The van der Waals surface area contributed by atoms with E-state index in [1.807, 2.05) is 0 Å². The maximum absolute atomic E-state index is 13.4. The average molecular weight is 562 g/mol. The number of phenolic OH excluding ortho intramolecular Hbond substituents is 1. The van der Waals surface area contributed by atoms with Gasteiger partial charge in [-0.15, -0.1) is 0 Å². The molecule has 3 aliphatic heterocycles. The van der Waals surface area contributed by atoms with Crippen molar-refractivity contribution in [3.63, 3.8) is 0 Å². The zero-order valence-corrected chi connectivity index (χ0v) is 21.1. The number of amides is 2. The van der Waals surface area contributed by atoms with Crippen molar-refractivity contribution < 1.29 is 49.3 Å². The van der Waals surface area contributed by atoms with Crippen molar-refractivity contribution in [2.45, 2.75) is 30.6 Å². The Morgan fingerprint density at radius 2 is 1.59 bits per heavy atom. The lowest BCUT2D eigenvalue weighted by atomic mass is 9.96. The smallest absolute Gasteiger partial charge is 0.259 e. The lowest BCUT2D eigenvalue weighted by Gasteiger charge is -2.41. The van der Waals surface area contributed by atoms with Crippen LogP contribution in [0.2, 0.25) is 0 Å². The number of benzene rings is 3. The number of nitrogens with zero attached hydrogens (tertiary/aromatic N) is 1. The Morgan fingerprint density at radius 3 is 2.32 bits per heavy atom. The molecule has 5 heterocycles. The molecule has 1 fully saturated rings. The third-order valence-electron chi connectivity index (χ3n) is 8.24. The van der Waals surface area contributed by atoms with Gasteiger partial charge in [-0.1, -0.05) is 0 Å². The predicted molar refractivity (Wildman–Crippen MR) is 142 cm³/mol. The van der Waals surface area contributed by atoms with E-state index >= 15 is 0 Å². The highest BCUT2D eigenvalue weighted by atomic mass is 16.6. The number of nitrogens with one attached hydrogen (secondary N) is 2. The van der Waals surface area contributed by atoms with Crippen molar-refractivity contribution in [1.29, 1.82) is 0 Å². The number of hydrogen-bond acceptors (Lipinski definition) is 10. The number of hydrogen-bond donors (Lipinski definition) is 7. The first-order chi connectivity index (χ1) is 19.8. The fraction of sp³-hybridized carbons (Fsp3) is 0.286. The summed E-state index contributed by atoms with van der Waals surface area (Å²) in [5.74, 6) is -0.366. The van der Waals surface area contributed by atoms with Crippen molar-refractivity contribution in [3.8, 4) is 17.2 Å². The second kappa shape index (κ2) is 8.31. The normalized spacial score (nSPS) is 25.9. The van der Waals surface area contributed by atoms with E-state index in [1.165, 1.54) is 12.1 Å². The lowest BCUT2D eigenvalue weighted by Crippen LogP contribution is -2.56. The minimum atomic E-state index is -1.67. The number of carbonyl (C=O) groups excluding carboxylic acids is 2. The van der Waals surface area contributed by atoms with Crippen LogP contribution in [0.15, 0.2) is 30.3 Å². The molecule has 41 heavy (non-hydrogen) atoms. The Bertz CT molecular complexity index is 1980. The SMILES string of the molecule is O=C1NC(=O)c2c1c1c3cc4c(cc3[nH]c1c1c2c2cc(O)ccc2n1C1O[C@H](CO)[C@@H](O)[C@H](O)[C@H]1O)OCCO4. The zero-order chi connectivity index (χ0) is 28.3. The van der Waals surface area contributed by atoms with Crippen LogP contribution in [0.4, 0.5) is 0 Å². The molecule has 3 aromatic carbocycles. The highest BCUT2D eigenvalue weighted by Crippen LogP contribution is 2.48. The van der Waals surface area contributed by atoms with E-state index in [2.05, 4.69) is 10.3 Å². The van der Waals surface area contributed by atoms with Gasteiger partial charge in [0, 0.05) is 27.6 Å². The average Bonchev–Trinajstić information content (AvgIpc) is 3.59. The fourth-order valence-corrected chi connectivity index (χ4v) is 6.46. The molecule has 5 aromatic rings. The van der Waals surface area contributed by atoms with E-state index in [9.17, 15) is 35.1 Å². The van der Waals surface area contributed by atoms with Crippen LogP contribution in [0.1, 0.15) is 26.9 Å². The summed E-state index contributed by atoms with van der Waals surface area (Å²) in [7, 11) is 0. The minimum Gasteiger partial charge on any atom is -0.508 e. The first-order valence-corrected chi connectivity index (χ1v) is 13.0. The molecule has 0 spiro atoms. The van der Waals surface area contributed by atoms with Crippen LogP contribution in [-0.2, 0) is 4.74 Å². The summed E-state index contributed by atoms with van der Waals surface area (Å²) >= 11 is 0. The largest absolute Gasteiger partial charge is 0.508 e. The molecule has 8 rings (SSSR count). The van der Waals surface area contributed by atoms with Crippen LogP contribution in [0.5, 0.6) is 17.2 Å². The highest BCUT2D eigenvalue weighted by Gasteiger charge is 2.46. The molecule has 210 valence electrons. The van der Waals surface area contributed by atoms with Crippen molar-refractivity contribution in [1.82, 2.24) is 14.9 Å². The van der Waals surface area contributed by atoms with Crippen molar-refractivity contribution in [2.24, 2.45) is 0 Å². The van der Waals surface area contributed by atoms with Gasteiger partial charge in [0.15, 0.2) is 17.7 Å². The van der Waals surface area contributed by atoms with Gasteiger partial charge in [0.1, 0.15) is 43.4 Å². The number of fused-ring (bicyclic) bond motifs is 11. The predicted octanol–water partition coefficient (Wildman–Crippen LogP) is 0.762. The molecular formula is C28H23N3O10. The molecular weight excluding hydrogens is 538 g/mol. The van der Waals surface area contributed by atoms with Gasteiger partial charge in [-0.05, 0) is 24.3 Å². The number of ether oxygens (including phenoxy) is 3. The molecule has 2 aromatic heterocycles. The van der Waals surface area contributed by atoms with Gasteiger partial charge in [-0.3, -0.25) is 14.9 Å². The van der Waals surface area contributed by atoms with E-state index in [1.54, 1.807) is 22.8 Å². The van der Waals surface area contributed by atoms with Crippen LogP contribution in [0.25, 0.3) is 43.6 Å². The first-order valence-electron chi connectivity index (χ1n) is 13.0. The quantitative estimate of drug-likeness (QED) is 0.151. The van der Waals surface area contributed by atoms with E-state index in [-0.39, 0.29) is 16.9 Å². The Hall–Kier alpha value is -4.40. The summed E-state index contributed by atoms with van der Waals surface area (Å²) in [5, 5.41) is 56.6. The monoisotopic (exact) mass is 561 g/mol. The number of aliphatic hydroxyl groups is 4. The van der Waals surface area contributed by atoms with Crippen molar-refractivity contribution >= 4 is 55.4 Å². The Morgan fingerprint density at radius 1 is 0.878 bits per heavy atom. The van der Waals surface area contributed by atoms with E-state index in [0.717, 1.165) is 0 Å². The summed E-state index contributed by atoms with van der Waals surface area (Å²) in [5.41, 5.74) is 1.94. The summed E-state index contributed by atoms with van der Waals surface area (Å²) < 4.78 is 19.0. The van der Waals surface area contributed by atoms with Crippen molar-refractivity contribution in [2.75, 3.05) is 19.8 Å². The molecule has 7 N–H and O–H groups in total. The third kappa shape index (κ3) is 3.11. The lowest BCUT2D eigenvalue weighted by molar-refractivity contribution is -0.249. The first kappa shape index (κ1) is 24.4. The zero-order valence-electron chi connectivity index (χ0n) is 21.1. The number of aromatic hydroxyl groups is 1. The topological polar surface area (TPSA) is 196 Å². The van der Waals surface area contributed by atoms with Gasteiger partial charge < -0.3 is 49.3 Å². The molecule has 5 atom stereocenters. The summed E-state index contributed by atoms with van der Waals surface area (Å²) in [6, 6.07) is 7.88. The van der Waals surface area contributed by atoms with Gasteiger partial charge in [0.25, 0.3) is 11.8 Å². The number of aliphatic hydroxyl groups excluding tert-OH is 4. The minimum absolute atomic E-state index is 0.0761. The Kier molecular flexibility index (Phi) is 4.95. The van der Waals surface area contributed by atoms with Crippen LogP contribution in [0, 0.1) is 0 Å². The van der Waals surface area contributed by atoms with Crippen LogP contribution < -0.4 is 14.8 Å². The fourth-order valence-electron chi connectivity index (χ4n) is 6.46. The standard InChI is InChI=1S/C28H23N3O10/c32-8-16-23(34)24(35)25(36)28(41-16)31-13-2-1-9(33)5-11(13)18-20-19(26(37)30-27(20)38)17-10-6-14-15(40-4-3-39-14)7-12(10)29-21(17)22(18)31/h1-2,5-7,16,23-25,28-29,32-36H,3-4,8H2,(H,30,37,38)/t16-,23-,24+,25-,28?/m1/s1. The molecule has 13 heteroatoms. The summed E-state index contributed by atoms with van der Waals surface area (Å²) in [6.07, 6.45) is -7.47. The van der Waals surface area contributed by atoms with Gasteiger partial charge in [-0.2, -0.15) is 0 Å². The Labute approximate surface area is 229 Å². The number of aromatic amines is 1. The molecule has 0 bridgehead atoms. The van der Waals surface area contributed by atoms with E-state index < -0.39 is 49.1 Å². The molecule has 0 aliphatic carbocycles. The molecule has 13 nitrogen and oxygen atoms in total. The number of phenols is 1. The van der Waals surface area contributed by atoms with Crippen molar-refractivity contribution in [3.05, 3.63) is 41.5 Å². The maximum atomic E-state index is 13.4. The maximum Gasteiger partial charge on any atom is 0.259 e. The molecule has 2 amide bonds. The number of rotatable bonds is 2. The Balaban J connectivity index is 1.57. The number of carbonyl (C=O) groups is 2. The molecule has 0 radical (unpaired) electrons. The van der Waals surface area contributed by atoms with Gasteiger partial charge in [-0.25, -0.2) is 0 Å². The molecule has 3 aliphatic rings. The number of aromatic nitrogens is 2. The number of H-pyrrole nitrogens is 1.